The Morgan fingerprint density at radius 2 is 1.88 bits per heavy atom. The number of hydrogen-bond acceptors (Lipinski definition) is 3. The van der Waals surface area contributed by atoms with Crippen LogP contribution in [0.2, 0.25) is 5.02 Å². The van der Waals surface area contributed by atoms with E-state index in [-0.39, 0.29) is 47.7 Å². The summed E-state index contributed by atoms with van der Waals surface area (Å²) in [5.41, 5.74) is -0.776. The lowest BCUT2D eigenvalue weighted by molar-refractivity contribution is -0.159. The zero-order valence-electron chi connectivity index (χ0n) is 17.5. The summed E-state index contributed by atoms with van der Waals surface area (Å²) in [5.74, 6) is -4.75. The van der Waals surface area contributed by atoms with Crippen LogP contribution in [0.25, 0.3) is 10.9 Å². The Labute approximate surface area is 195 Å². The number of nitrogens with one attached hydrogen (secondary N) is 2. The van der Waals surface area contributed by atoms with Crippen LogP contribution in [0.15, 0.2) is 42.6 Å². The summed E-state index contributed by atoms with van der Waals surface area (Å²) in [4.78, 5) is 13.7. The van der Waals surface area contributed by atoms with Gasteiger partial charge in [0.15, 0.2) is 0 Å². The Bertz CT molecular complexity index is 1190. The van der Waals surface area contributed by atoms with Crippen molar-refractivity contribution in [2.75, 3.05) is 18.4 Å². The summed E-state index contributed by atoms with van der Waals surface area (Å²) in [7, 11) is 0. The van der Waals surface area contributed by atoms with Gasteiger partial charge in [0.1, 0.15) is 6.10 Å². The number of H-pyrrole nitrogens is 1. The first-order valence-corrected chi connectivity index (χ1v) is 10.8. The van der Waals surface area contributed by atoms with E-state index in [1.54, 1.807) is 0 Å². The molecule has 4 rings (SSSR count). The van der Waals surface area contributed by atoms with E-state index in [0.717, 1.165) is 12.1 Å². The van der Waals surface area contributed by atoms with Gasteiger partial charge in [0.25, 0.3) is 5.92 Å². The van der Waals surface area contributed by atoms with Crippen LogP contribution in [0.1, 0.15) is 30.1 Å². The number of rotatable bonds is 4. The fraction of sp³-hybridized carbons (Fsp3) is 0.364. The summed E-state index contributed by atoms with van der Waals surface area (Å²) >= 11 is 6.00. The average molecular weight is 503 g/mol. The number of anilines is 1. The molecule has 2 aromatic carbocycles. The summed E-state index contributed by atoms with van der Waals surface area (Å²) in [6, 6.07) is 6.27. The molecule has 0 aliphatic carbocycles. The number of aromatic nitrogens is 2. The maximum absolute atomic E-state index is 15.2. The van der Waals surface area contributed by atoms with Crippen molar-refractivity contribution in [1.29, 1.82) is 0 Å². The Morgan fingerprint density at radius 3 is 2.56 bits per heavy atom. The summed E-state index contributed by atoms with van der Waals surface area (Å²) in [6.07, 6.45) is -5.50. The number of piperidine rings is 1. The minimum atomic E-state index is -4.56. The van der Waals surface area contributed by atoms with E-state index in [2.05, 4.69) is 15.5 Å². The highest BCUT2D eigenvalue weighted by molar-refractivity contribution is 6.31. The van der Waals surface area contributed by atoms with Crippen LogP contribution in [-0.2, 0) is 6.18 Å². The minimum Gasteiger partial charge on any atom is -0.382 e. The van der Waals surface area contributed by atoms with Gasteiger partial charge in [0.2, 0.25) is 0 Å². The van der Waals surface area contributed by atoms with Crippen LogP contribution >= 0.6 is 11.6 Å². The molecular weight excluding hydrogens is 483 g/mol. The number of aliphatic hydroxyl groups excluding tert-OH is 1. The highest BCUT2D eigenvalue weighted by atomic mass is 35.5. The third-order valence-electron chi connectivity index (χ3n) is 5.97. The van der Waals surface area contributed by atoms with E-state index in [0.29, 0.717) is 5.39 Å². The van der Waals surface area contributed by atoms with Gasteiger partial charge < -0.3 is 15.3 Å². The molecule has 1 unspecified atom stereocenters. The van der Waals surface area contributed by atoms with Crippen LogP contribution in [0, 0.1) is 5.92 Å². The van der Waals surface area contributed by atoms with Crippen molar-refractivity contribution >= 4 is 34.2 Å². The number of halogens is 6. The van der Waals surface area contributed by atoms with Crippen molar-refractivity contribution in [3.05, 3.63) is 58.7 Å². The zero-order chi connectivity index (χ0) is 24.7. The lowest BCUT2D eigenvalue weighted by atomic mass is 9.85. The maximum atomic E-state index is 15.2. The van der Waals surface area contributed by atoms with Crippen molar-refractivity contribution < 1.29 is 31.9 Å². The second kappa shape index (κ2) is 9.03. The second-order valence-corrected chi connectivity index (χ2v) is 8.61. The summed E-state index contributed by atoms with van der Waals surface area (Å²) in [5, 5.41) is 20.0. The van der Waals surface area contributed by atoms with E-state index in [4.69, 9.17) is 11.6 Å². The molecule has 1 aliphatic heterocycles. The van der Waals surface area contributed by atoms with Crippen molar-refractivity contribution in [2.24, 2.45) is 5.92 Å². The van der Waals surface area contributed by atoms with Gasteiger partial charge in [-0.1, -0.05) is 17.7 Å². The number of aliphatic hydroxyl groups is 1. The van der Waals surface area contributed by atoms with Gasteiger partial charge in [-0.3, -0.25) is 5.10 Å². The van der Waals surface area contributed by atoms with Gasteiger partial charge in [-0.05, 0) is 43.2 Å². The average Bonchev–Trinajstić information content (AvgIpc) is 3.26. The van der Waals surface area contributed by atoms with Gasteiger partial charge in [-0.2, -0.15) is 18.3 Å². The number of fused-ring (bicyclic) bond motifs is 1. The van der Waals surface area contributed by atoms with Crippen molar-refractivity contribution in [3.8, 4) is 0 Å². The van der Waals surface area contributed by atoms with Gasteiger partial charge in [-0.25, -0.2) is 13.6 Å². The molecular formula is C22H20ClF5N4O2. The summed E-state index contributed by atoms with van der Waals surface area (Å²) in [6.45, 7) is -0.0976. The highest BCUT2D eigenvalue weighted by Gasteiger charge is 2.49. The minimum absolute atomic E-state index is 0.0488. The van der Waals surface area contributed by atoms with E-state index >= 15 is 8.78 Å². The molecule has 0 radical (unpaired) electrons. The molecule has 1 fully saturated rings. The molecule has 34 heavy (non-hydrogen) atoms. The van der Waals surface area contributed by atoms with Crippen LogP contribution in [0.5, 0.6) is 0 Å². The molecule has 3 N–H and O–H groups in total. The molecule has 1 aliphatic rings. The first kappa shape index (κ1) is 24.2. The van der Waals surface area contributed by atoms with Gasteiger partial charge in [-0.15, -0.1) is 0 Å². The first-order chi connectivity index (χ1) is 16.0. The van der Waals surface area contributed by atoms with Gasteiger partial charge >= 0.3 is 12.2 Å². The molecule has 6 nitrogen and oxygen atoms in total. The molecule has 1 saturated heterocycles. The van der Waals surface area contributed by atoms with Gasteiger partial charge in [0, 0.05) is 40.7 Å². The predicted molar refractivity (Wildman–Crippen MR) is 116 cm³/mol. The molecule has 3 aromatic rings. The third kappa shape index (κ3) is 4.80. The standard InChI is InChI=1S/C22H20ClF5N4O2/c23-15-8-12-11-29-31-18(12)17(10-15)19(33)21(24,25)13-4-6-32(7-5-13)20(34)30-16-3-1-2-14(9-16)22(26,27)28/h1-3,8-11,13,19,33H,4-7H2,(H,29,31)(H,30,34). The molecule has 182 valence electrons. The molecule has 1 aromatic heterocycles. The number of carbonyl (C=O) groups is 1. The van der Waals surface area contributed by atoms with E-state index in [1.165, 1.54) is 35.4 Å². The summed E-state index contributed by atoms with van der Waals surface area (Å²) < 4.78 is 69.1. The SMILES string of the molecule is O=C(Nc1cccc(C(F)(F)F)c1)N1CCC(C(F)(F)C(O)c2cc(Cl)cc3cn[nH]c23)CC1. The number of aromatic amines is 1. The number of carbonyl (C=O) groups excluding carboxylic acids is 1. The molecule has 0 saturated carbocycles. The number of alkyl halides is 5. The predicted octanol–water partition coefficient (Wildman–Crippen LogP) is 5.85. The second-order valence-electron chi connectivity index (χ2n) is 8.18. The Balaban J connectivity index is 1.41. The molecule has 1 atom stereocenters. The number of likely N-dealkylation sites (tertiary alicyclic amines) is 1. The van der Waals surface area contributed by atoms with Crippen LogP contribution in [-0.4, -0.2) is 45.2 Å². The molecule has 2 heterocycles. The van der Waals surface area contributed by atoms with Crippen molar-refractivity contribution in [3.63, 3.8) is 0 Å². The molecule has 0 bridgehead atoms. The number of urea groups is 1. The normalized spacial score (nSPS) is 16.6. The largest absolute Gasteiger partial charge is 0.416 e. The molecule has 2 amide bonds. The Morgan fingerprint density at radius 1 is 1.18 bits per heavy atom. The zero-order valence-corrected chi connectivity index (χ0v) is 18.3. The number of nitrogens with zero attached hydrogens (tertiary/aromatic N) is 2. The van der Waals surface area contributed by atoms with Crippen LogP contribution < -0.4 is 5.32 Å². The van der Waals surface area contributed by atoms with Crippen LogP contribution in [0.4, 0.5) is 32.4 Å². The van der Waals surface area contributed by atoms with E-state index < -0.39 is 35.7 Å². The fourth-order valence-corrected chi connectivity index (χ4v) is 4.37. The first-order valence-electron chi connectivity index (χ1n) is 10.4. The van der Waals surface area contributed by atoms with E-state index in [1.807, 2.05) is 0 Å². The number of hydrogen-bond donors (Lipinski definition) is 3. The van der Waals surface area contributed by atoms with E-state index in [9.17, 15) is 23.1 Å². The maximum Gasteiger partial charge on any atom is 0.416 e. The van der Waals surface area contributed by atoms with Crippen molar-refractivity contribution in [2.45, 2.75) is 31.0 Å². The topological polar surface area (TPSA) is 81.2 Å². The fourth-order valence-electron chi connectivity index (χ4n) is 4.14. The lowest BCUT2D eigenvalue weighted by Crippen LogP contribution is -2.46. The molecule has 0 spiro atoms. The number of benzene rings is 2. The van der Waals surface area contributed by atoms with Crippen molar-refractivity contribution in [1.82, 2.24) is 15.1 Å². The quantitative estimate of drug-likeness (QED) is 0.392. The number of amides is 2. The van der Waals surface area contributed by atoms with Gasteiger partial charge in [0.05, 0.1) is 17.3 Å². The third-order valence-corrected chi connectivity index (χ3v) is 6.19. The lowest BCUT2D eigenvalue weighted by Gasteiger charge is -2.37. The smallest absolute Gasteiger partial charge is 0.382 e. The molecule has 12 heteroatoms. The Kier molecular flexibility index (Phi) is 6.43. The van der Waals surface area contributed by atoms with Crippen LogP contribution in [0.3, 0.4) is 0 Å². The highest BCUT2D eigenvalue weighted by Crippen LogP contribution is 2.44. The monoisotopic (exact) mass is 502 g/mol. The Hall–Kier alpha value is -2.92.